The summed E-state index contributed by atoms with van der Waals surface area (Å²) in [4.78, 5) is 13.8. The van der Waals surface area contributed by atoms with Crippen LogP contribution in [0.1, 0.15) is 83.6 Å². The summed E-state index contributed by atoms with van der Waals surface area (Å²) in [6.07, 6.45) is 11.6. The summed E-state index contributed by atoms with van der Waals surface area (Å²) >= 11 is 0. The number of furan rings is 1. The summed E-state index contributed by atoms with van der Waals surface area (Å²) < 4.78 is 5.34. The SMILES string of the molecule is CCC(c1ccoc1)[C@@]1(C)CC[C@H]2[C@@H](CC[C@@H]3C[C@@H](O)CC[C@@]32C)C1=O. The lowest BCUT2D eigenvalue weighted by Gasteiger charge is -2.58. The van der Waals surface area contributed by atoms with Gasteiger partial charge in [0.2, 0.25) is 0 Å². The van der Waals surface area contributed by atoms with Crippen molar-refractivity contribution >= 4 is 5.78 Å². The average molecular weight is 359 g/mol. The molecule has 0 spiro atoms. The lowest BCUT2D eigenvalue weighted by atomic mass is 9.45. The molecule has 0 radical (unpaired) electrons. The molecule has 3 nitrogen and oxygen atoms in total. The lowest BCUT2D eigenvalue weighted by molar-refractivity contribution is -0.154. The monoisotopic (exact) mass is 358 g/mol. The summed E-state index contributed by atoms with van der Waals surface area (Å²) in [6.45, 7) is 6.83. The quantitative estimate of drug-likeness (QED) is 0.794. The molecule has 0 saturated heterocycles. The van der Waals surface area contributed by atoms with Gasteiger partial charge in [-0.05, 0) is 86.2 Å². The van der Waals surface area contributed by atoms with Crippen LogP contribution >= 0.6 is 0 Å². The van der Waals surface area contributed by atoms with Gasteiger partial charge in [0.25, 0.3) is 0 Å². The van der Waals surface area contributed by atoms with E-state index in [4.69, 9.17) is 4.42 Å². The summed E-state index contributed by atoms with van der Waals surface area (Å²) in [5, 5.41) is 10.1. The topological polar surface area (TPSA) is 50.4 Å². The molecule has 3 aliphatic rings. The number of fused-ring (bicyclic) bond motifs is 3. The van der Waals surface area contributed by atoms with E-state index < -0.39 is 0 Å². The fourth-order valence-corrected chi connectivity index (χ4v) is 7.09. The number of hydrogen-bond acceptors (Lipinski definition) is 3. The van der Waals surface area contributed by atoms with E-state index in [2.05, 4.69) is 20.8 Å². The maximum Gasteiger partial charge on any atom is 0.142 e. The maximum absolute atomic E-state index is 13.8. The Kier molecular flexibility index (Phi) is 4.58. The first kappa shape index (κ1) is 18.3. The second kappa shape index (κ2) is 6.51. The van der Waals surface area contributed by atoms with E-state index in [0.29, 0.717) is 17.6 Å². The van der Waals surface area contributed by atoms with E-state index in [1.165, 1.54) is 5.56 Å². The van der Waals surface area contributed by atoms with Gasteiger partial charge in [-0.25, -0.2) is 0 Å². The molecule has 0 bridgehead atoms. The van der Waals surface area contributed by atoms with Crippen molar-refractivity contribution in [2.24, 2.45) is 28.6 Å². The maximum atomic E-state index is 13.8. The molecule has 1 N–H and O–H groups in total. The van der Waals surface area contributed by atoms with Crippen LogP contribution < -0.4 is 0 Å². The standard InChI is InChI=1S/C23H34O3/c1-4-19(15-9-12-26-14-15)23(3)11-8-20-18(21(23)25)6-5-16-13-17(24)7-10-22(16,20)2/h9,12,14,16-20,24H,4-8,10-11,13H2,1-3H3/t16-,17+,18-,19?,20+,22+,23-/m1/s1. The Morgan fingerprint density at radius 2 is 2.04 bits per heavy atom. The van der Waals surface area contributed by atoms with Crippen LogP contribution in [0.2, 0.25) is 0 Å². The summed E-state index contributed by atoms with van der Waals surface area (Å²) in [7, 11) is 0. The minimum Gasteiger partial charge on any atom is -0.472 e. The smallest absolute Gasteiger partial charge is 0.142 e. The van der Waals surface area contributed by atoms with Gasteiger partial charge in [-0.15, -0.1) is 0 Å². The van der Waals surface area contributed by atoms with E-state index in [-0.39, 0.29) is 28.8 Å². The molecule has 3 heteroatoms. The minimum absolute atomic E-state index is 0.125. The molecule has 144 valence electrons. The van der Waals surface area contributed by atoms with Crippen molar-refractivity contribution in [2.75, 3.05) is 0 Å². The molecule has 3 saturated carbocycles. The number of Topliss-reactive ketones (excluding diaryl/α,β-unsaturated/α-hetero) is 1. The molecule has 0 aliphatic heterocycles. The molecular formula is C23H34O3. The van der Waals surface area contributed by atoms with Crippen LogP contribution in [0, 0.1) is 28.6 Å². The van der Waals surface area contributed by atoms with Gasteiger partial charge in [0.1, 0.15) is 5.78 Å². The summed E-state index contributed by atoms with van der Waals surface area (Å²) in [5.74, 6) is 2.09. The minimum atomic E-state index is -0.267. The number of rotatable bonds is 3. The molecule has 3 aliphatic carbocycles. The van der Waals surface area contributed by atoms with Crippen LogP contribution in [-0.2, 0) is 4.79 Å². The van der Waals surface area contributed by atoms with E-state index in [9.17, 15) is 9.90 Å². The highest BCUT2D eigenvalue weighted by Crippen LogP contribution is 2.62. The van der Waals surface area contributed by atoms with Crippen LogP contribution in [0.4, 0.5) is 0 Å². The van der Waals surface area contributed by atoms with E-state index >= 15 is 0 Å². The average Bonchev–Trinajstić information content (AvgIpc) is 3.13. The van der Waals surface area contributed by atoms with Gasteiger partial charge in [-0.3, -0.25) is 4.79 Å². The second-order valence-corrected chi connectivity index (χ2v) is 9.76. The zero-order valence-corrected chi connectivity index (χ0v) is 16.5. The summed E-state index contributed by atoms with van der Waals surface area (Å²) in [5.41, 5.74) is 1.16. The molecule has 4 rings (SSSR count). The molecule has 1 unspecified atom stereocenters. The van der Waals surface area contributed by atoms with Gasteiger partial charge in [0.05, 0.1) is 18.6 Å². The van der Waals surface area contributed by atoms with Gasteiger partial charge in [0, 0.05) is 11.3 Å². The van der Waals surface area contributed by atoms with E-state index in [1.54, 1.807) is 6.26 Å². The van der Waals surface area contributed by atoms with Crippen molar-refractivity contribution in [1.29, 1.82) is 0 Å². The number of hydrogen-bond donors (Lipinski definition) is 1. The van der Waals surface area contributed by atoms with Crippen LogP contribution in [0.15, 0.2) is 23.0 Å². The first-order valence-electron chi connectivity index (χ1n) is 10.6. The van der Waals surface area contributed by atoms with Crippen molar-refractivity contribution in [1.82, 2.24) is 0 Å². The van der Waals surface area contributed by atoms with Gasteiger partial charge in [-0.2, -0.15) is 0 Å². The number of aliphatic hydroxyl groups excluding tert-OH is 1. The molecule has 3 fully saturated rings. The number of carbonyl (C=O) groups is 1. The van der Waals surface area contributed by atoms with Crippen LogP contribution in [-0.4, -0.2) is 17.0 Å². The highest BCUT2D eigenvalue weighted by molar-refractivity contribution is 5.89. The highest BCUT2D eigenvalue weighted by atomic mass is 16.3. The van der Waals surface area contributed by atoms with Gasteiger partial charge in [0.15, 0.2) is 0 Å². The first-order chi connectivity index (χ1) is 12.4. The van der Waals surface area contributed by atoms with Crippen molar-refractivity contribution in [2.45, 2.75) is 84.2 Å². The highest BCUT2D eigenvalue weighted by Gasteiger charge is 2.58. The Balaban J connectivity index is 1.61. The number of aliphatic hydroxyl groups is 1. The molecule has 1 aromatic heterocycles. The largest absolute Gasteiger partial charge is 0.472 e. The zero-order valence-electron chi connectivity index (χ0n) is 16.5. The van der Waals surface area contributed by atoms with E-state index in [1.807, 2.05) is 12.3 Å². The van der Waals surface area contributed by atoms with Crippen molar-refractivity contribution in [3.8, 4) is 0 Å². The second-order valence-electron chi connectivity index (χ2n) is 9.76. The predicted molar refractivity (Wildman–Crippen MR) is 102 cm³/mol. The number of carbonyl (C=O) groups excluding carboxylic acids is 1. The third kappa shape index (κ3) is 2.61. The Bertz CT molecular complexity index is 650. The van der Waals surface area contributed by atoms with Crippen molar-refractivity contribution in [3.05, 3.63) is 24.2 Å². The van der Waals surface area contributed by atoms with E-state index in [0.717, 1.165) is 51.4 Å². The predicted octanol–water partition coefficient (Wildman–Crippen LogP) is 5.34. The van der Waals surface area contributed by atoms with Gasteiger partial charge < -0.3 is 9.52 Å². The molecule has 1 heterocycles. The fourth-order valence-electron chi connectivity index (χ4n) is 7.09. The Morgan fingerprint density at radius 1 is 1.23 bits per heavy atom. The molecule has 0 amide bonds. The molecule has 0 aromatic carbocycles. The van der Waals surface area contributed by atoms with Gasteiger partial charge in [-0.1, -0.05) is 20.8 Å². The van der Waals surface area contributed by atoms with Crippen molar-refractivity contribution in [3.63, 3.8) is 0 Å². The third-order valence-corrected chi connectivity index (χ3v) is 8.66. The van der Waals surface area contributed by atoms with Crippen molar-refractivity contribution < 1.29 is 14.3 Å². The number of ketones is 1. The molecule has 7 atom stereocenters. The third-order valence-electron chi connectivity index (χ3n) is 8.66. The fraction of sp³-hybridized carbons (Fsp3) is 0.783. The molecule has 1 aromatic rings. The Morgan fingerprint density at radius 3 is 2.73 bits per heavy atom. The van der Waals surface area contributed by atoms with Crippen LogP contribution in [0.5, 0.6) is 0 Å². The van der Waals surface area contributed by atoms with Gasteiger partial charge >= 0.3 is 0 Å². The Labute approximate surface area is 157 Å². The first-order valence-corrected chi connectivity index (χ1v) is 10.6. The summed E-state index contributed by atoms with van der Waals surface area (Å²) in [6, 6.07) is 2.04. The normalized spacial score (nSPS) is 44.2. The van der Waals surface area contributed by atoms with Crippen LogP contribution in [0.25, 0.3) is 0 Å². The molecular weight excluding hydrogens is 324 g/mol. The zero-order chi connectivity index (χ0) is 18.5. The van der Waals surface area contributed by atoms with Crippen LogP contribution in [0.3, 0.4) is 0 Å². The Hall–Kier alpha value is -1.09. The molecule has 26 heavy (non-hydrogen) atoms. The lowest BCUT2D eigenvalue weighted by Crippen LogP contribution is -2.55.